The lowest BCUT2D eigenvalue weighted by atomic mass is 10.1. The van der Waals surface area contributed by atoms with Crippen LogP contribution in [0.25, 0.3) is 0 Å². The molecular formula is C10H10Br2OS. The van der Waals surface area contributed by atoms with Crippen LogP contribution in [0.3, 0.4) is 0 Å². The molecule has 4 heteroatoms. The summed E-state index contributed by atoms with van der Waals surface area (Å²) in [6.07, 6.45) is 0. The summed E-state index contributed by atoms with van der Waals surface area (Å²) in [5.41, 5.74) is 2.08. The number of carbonyl (C=O) groups is 1. The molecule has 0 heterocycles. The van der Waals surface area contributed by atoms with E-state index in [0.717, 1.165) is 21.4 Å². The predicted octanol–water partition coefficient (Wildman–Crippen LogP) is 3.90. The van der Waals surface area contributed by atoms with Crippen molar-refractivity contribution in [2.75, 3.05) is 0 Å². The van der Waals surface area contributed by atoms with Gasteiger partial charge >= 0.3 is 0 Å². The van der Waals surface area contributed by atoms with Crippen LogP contribution in [0.1, 0.15) is 22.9 Å². The van der Waals surface area contributed by atoms with Gasteiger partial charge in [-0.05, 0) is 24.1 Å². The molecule has 0 spiro atoms. The number of hydrogen-bond acceptors (Lipinski definition) is 2. The third kappa shape index (κ3) is 2.84. The van der Waals surface area contributed by atoms with Gasteiger partial charge in [0.05, 0.1) is 4.83 Å². The first-order valence-electron chi connectivity index (χ1n) is 4.08. The van der Waals surface area contributed by atoms with Crippen molar-refractivity contribution in [2.24, 2.45) is 0 Å². The molecule has 1 unspecified atom stereocenters. The van der Waals surface area contributed by atoms with Gasteiger partial charge in [-0.3, -0.25) is 4.79 Å². The van der Waals surface area contributed by atoms with Gasteiger partial charge in [-0.1, -0.05) is 44.0 Å². The van der Waals surface area contributed by atoms with E-state index in [1.54, 1.807) is 6.92 Å². The molecule has 1 aromatic rings. The van der Waals surface area contributed by atoms with Gasteiger partial charge in [0.1, 0.15) is 5.78 Å². The highest BCUT2D eigenvalue weighted by Crippen LogP contribution is 2.27. The van der Waals surface area contributed by atoms with Crippen LogP contribution in [0.15, 0.2) is 23.1 Å². The first-order valence-corrected chi connectivity index (χ1v) is 6.57. The molecule has 0 aliphatic carbocycles. The third-order valence-corrected chi connectivity index (χ3v) is 4.10. The fourth-order valence-corrected chi connectivity index (χ4v) is 2.38. The number of thiol groups is 1. The number of benzene rings is 1. The molecule has 0 bridgehead atoms. The summed E-state index contributed by atoms with van der Waals surface area (Å²) in [5.74, 6) is 0.101. The van der Waals surface area contributed by atoms with E-state index in [9.17, 15) is 4.79 Å². The van der Waals surface area contributed by atoms with E-state index < -0.39 is 0 Å². The Balaban J connectivity index is 3.02. The number of Topliss-reactive ketones (excluding diaryl/α,β-unsaturated/α-hetero) is 1. The molecule has 0 amide bonds. The van der Waals surface area contributed by atoms with E-state index in [-0.39, 0.29) is 10.6 Å². The maximum atomic E-state index is 11.1. The summed E-state index contributed by atoms with van der Waals surface area (Å²) in [6.45, 7) is 1.57. The fraction of sp³-hybridized carbons (Fsp3) is 0.300. The van der Waals surface area contributed by atoms with Crippen LogP contribution in [0.5, 0.6) is 0 Å². The van der Waals surface area contributed by atoms with Gasteiger partial charge < -0.3 is 0 Å². The molecule has 0 aromatic heterocycles. The van der Waals surface area contributed by atoms with E-state index in [1.165, 1.54) is 0 Å². The highest BCUT2D eigenvalue weighted by atomic mass is 79.9. The van der Waals surface area contributed by atoms with Crippen molar-refractivity contribution in [1.82, 2.24) is 0 Å². The van der Waals surface area contributed by atoms with Gasteiger partial charge in [-0.2, -0.15) is 0 Å². The zero-order valence-electron chi connectivity index (χ0n) is 7.63. The normalized spacial score (nSPS) is 12.6. The second-order valence-electron chi connectivity index (χ2n) is 2.99. The Hall–Kier alpha value is 0.200. The number of halogens is 2. The smallest absolute Gasteiger partial charge is 0.147 e. The van der Waals surface area contributed by atoms with Crippen LogP contribution in [0.4, 0.5) is 0 Å². The highest BCUT2D eigenvalue weighted by Gasteiger charge is 2.13. The molecule has 0 saturated heterocycles. The maximum absolute atomic E-state index is 11.1. The second-order valence-corrected chi connectivity index (χ2v) is 4.95. The fourth-order valence-electron chi connectivity index (χ4n) is 1.09. The number of alkyl halides is 2. The lowest BCUT2D eigenvalue weighted by molar-refractivity contribution is -0.116. The second kappa shape index (κ2) is 5.33. The number of rotatable bonds is 3. The van der Waals surface area contributed by atoms with Crippen molar-refractivity contribution >= 4 is 50.3 Å². The summed E-state index contributed by atoms with van der Waals surface area (Å²) in [7, 11) is 0. The first kappa shape index (κ1) is 12.3. The number of ketones is 1. The van der Waals surface area contributed by atoms with Gasteiger partial charge in [0.15, 0.2) is 0 Å². The maximum Gasteiger partial charge on any atom is 0.147 e. The average Bonchev–Trinajstić information content (AvgIpc) is 2.16. The Bertz CT molecular complexity index is 352. The van der Waals surface area contributed by atoms with Crippen molar-refractivity contribution in [1.29, 1.82) is 0 Å². The van der Waals surface area contributed by atoms with Crippen LogP contribution >= 0.6 is 44.5 Å². The molecule has 0 saturated carbocycles. The van der Waals surface area contributed by atoms with Gasteiger partial charge in [0.2, 0.25) is 0 Å². The average molecular weight is 338 g/mol. The SMILES string of the molecule is CC(=O)C(Br)c1ccc(CBr)c(S)c1. The van der Waals surface area contributed by atoms with Gasteiger partial charge in [-0.25, -0.2) is 0 Å². The minimum Gasteiger partial charge on any atom is -0.298 e. The van der Waals surface area contributed by atoms with Crippen molar-refractivity contribution in [3.63, 3.8) is 0 Å². The van der Waals surface area contributed by atoms with E-state index in [2.05, 4.69) is 44.5 Å². The van der Waals surface area contributed by atoms with Crippen LogP contribution in [0, 0.1) is 0 Å². The van der Waals surface area contributed by atoms with Crippen LogP contribution in [0.2, 0.25) is 0 Å². The Morgan fingerprint density at radius 3 is 2.64 bits per heavy atom. The molecule has 76 valence electrons. The molecule has 0 aliphatic heterocycles. The van der Waals surface area contributed by atoms with Gasteiger partial charge in [0.25, 0.3) is 0 Å². The van der Waals surface area contributed by atoms with Crippen molar-refractivity contribution in [2.45, 2.75) is 22.0 Å². The predicted molar refractivity (Wildman–Crippen MR) is 68.7 cm³/mol. The highest BCUT2D eigenvalue weighted by molar-refractivity contribution is 9.09. The monoisotopic (exact) mass is 336 g/mol. The molecule has 1 atom stereocenters. The summed E-state index contributed by atoms with van der Waals surface area (Å²) in [6, 6.07) is 5.83. The molecule has 1 nitrogen and oxygen atoms in total. The lowest BCUT2D eigenvalue weighted by Crippen LogP contribution is -2.01. The van der Waals surface area contributed by atoms with E-state index in [0.29, 0.717) is 0 Å². The molecule has 0 aliphatic rings. The number of hydrogen-bond donors (Lipinski definition) is 1. The van der Waals surface area contributed by atoms with Crippen molar-refractivity contribution in [3.8, 4) is 0 Å². The van der Waals surface area contributed by atoms with E-state index in [4.69, 9.17) is 0 Å². The van der Waals surface area contributed by atoms with Gasteiger partial charge in [0, 0.05) is 10.2 Å². The van der Waals surface area contributed by atoms with Crippen LogP contribution in [-0.4, -0.2) is 5.78 Å². The standard InChI is InChI=1S/C10H10Br2OS/c1-6(13)10(12)7-2-3-8(5-11)9(14)4-7/h2-4,10,14H,5H2,1H3. The summed E-state index contributed by atoms with van der Waals surface area (Å²) >= 11 is 11.1. The summed E-state index contributed by atoms with van der Waals surface area (Å²) in [4.78, 5) is 11.8. The molecular weight excluding hydrogens is 328 g/mol. The van der Waals surface area contributed by atoms with Crippen molar-refractivity contribution in [3.05, 3.63) is 29.3 Å². The summed E-state index contributed by atoms with van der Waals surface area (Å²) in [5, 5.41) is 0.777. The van der Waals surface area contributed by atoms with E-state index >= 15 is 0 Å². The zero-order valence-corrected chi connectivity index (χ0v) is 11.7. The molecule has 0 fully saturated rings. The Kier molecular flexibility index (Phi) is 4.67. The Morgan fingerprint density at radius 1 is 1.57 bits per heavy atom. The largest absolute Gasteiger partial charge is 0.298 e. The minimum atomic E-state index is -0.224. The quantitative estimate of drug-likeness (QED) is 0.654. The molecule has 1 rings (SSSR count). The Morgan fingerprint density at radius 2 is 2.21 bits per heavy atom. The minimum absolute atomic E-state index is 0.101. The Labute approximate surface area is 106 Å². The molecule has 0 N–H and O–H groups in total. The summed E-state index contributed by atoms with van der Waals surface area (Å²) < 4.78 is 0. The van der Waals surface area contributed by atoms with Crippen LogP contribution < -0.4 is 0 Å². The third-order valence-electron chi connectivity index (χ3n) is 1.90. The topological polar surface area (TPSA) is 17.1 Å². The van der Waals surface area contributed by atoms with E-state index in [1.807, 2.05) is 18.2 Å². The van der Waals surface area contributed by atoms with Crippen LogP contribution in [-0.2, 0) is 10.1 Å². The zero-order chi connectivity index (χ0) is 10.7. The van der Waals surface area contributed by atoms with Gasteiger partial charge in [-0.15, -0.1) is 12.6 Å². The van der Waals surface area contributed by atoms with Crippen molar-refractivity contribution < 1.29 is 4.79 Å². The number of carbonyl (C=O) groups excluding carboxylic acids is 1. The first-order chi connectivity index (χ1) is 6.56. The molecule has 0 radical (unpaired) electrons. The molecule has 1 aromatic carbocycles. The molecule has 14 heavy (non-hydrogen) atoms. The lowest BCUT2D eigenvalue weighted by Gasteiger charge is -2.08.